The molecule has 0 saturated carbocycles. The van der Waals surface area contributed by atoms with E-state index in [4.69, 9.17) is 0 Å². The Labute approximate surface area is 143 Å². The van der Waals surface area contributed by atoms with Crippen LogP contribution in [0.1, 0.15) is 31.5 Å². The second-order valence-corrected chi connectivity index (χ2v) is 7.15. The van der Waals surface area contributed by atoms with Crippen molar-refractivity contribution in [1.29, 1.82) is 0 Å². The molecule has 0 aromatic carbocycles. The summed E-state index contributed by atoms with van der Waals surface area (Å²) < 4.78 is 0. The minimum absolute atomic E-state index is 0.0961. The first-order valence-corrected chi connectivity index (χ1v) is 8.26. The van der Waals surface area contributed by atoms with E-state index in [0.717, 1.165) is 22.8 Å². The molecule has 2 aromatic rings. The topological polar surface area (TPSA) is 49.3 Å². The van der Waals surface area contributed by atoms with Gasteiger partial charge in [0.2, 0.25) is 5.91 Å². The summed E-state index contributed by atoms with van der Waals surface area (Å²) >= 11 is 0. The SMILES string of the molecule is CN(C)c1ccc(CCC(=O)N2CC(C)(C)c3ncccc32)cn1. The number of anilines is 2. The average Bonchev–Trinajstić information content (AvgIpc) is 2.85. The molecule has 0 bridgehead atoms. The molecule has 2 aromatic heterocycles. The van der Waals surface area contributed by atoms with Crippen LogP contribution in [0.15, 0.2) is 36.7 Å². The number of fused-ring (bicyclic) bond motifs is 1. The van der Waals surface area contributed by atoms with Crippen molar-refractivity contribution in [2.45, 2.75) is 32.1 Å². The zero-order valence-electron chi connectivity index (χ0n) is 14.8. The molecule has 1 aliphatic heterocycles. The van der Waals surface area contributed by atoms with Crippen LogP contribution in [0, 0.1) is 0 Å². The first kappa shape index (κ1) is 16.4. The molecular formula is C19H24N4O. The summed E-state index contributed by atoms with van der Waals surface area (Å²) in [5.74, 6) is 1.07. The smallest absolute Gasteiger partial charge is 0.227 e. The number of rotatable bonds is 4. The van der Waals surface area contributed by atoms with Crippen molar-refractivity contribution in [3.05, 3.63) is 47.9 Å². The van der Waals surface area contributed by atoms with E-state index >= 15 is 0 Å². The predicted molar refractivity (Wildman–Crippen MR) is 96.5 cm³/mol. The van der Waals surface area contributed by atoms with E-state index in [1.54, 1.807) is 6.20 Å². The lowest BCUT2D eigenvalue weighted by molar-refractivity contribution is -0.118. The third-order valence-corrected chi connectivity index (χ3v) is 4.47. The van der Waals surface area contributed by atoms with Gasteiger partial charge in [0, 0.05) is 44.9 Å². The Balaban J connectivity index is 1.68. The van der Waals surface area contributed by atoms with Crippen molar-refractivity contribution in [1.82, 2.24) is 9.97 Å². The van der Waals surface area contributed by atoms with Crippen molar-refractivity contribution in [2.75, 3.05) is 30.4 Å². The summed E-state index contributed by atoms with van der Waals surface area (Å²) in [6, 6.07) is 7.91. The van der Waals surface area contributed by atoms with Crippen LogP contribution < -0.4 is 9.80 Å². The summed E-state index contributed by atoms with van der Waals surface area (Å²) in [4.78, 5) is 25.4. The molecule has 1 amide bonds. The van der Waals surface area contributed by atoms with Crippen molar-refractivity contribution in [2.24, 2.45) is 0 Å². The zero-order valence-corrected chi connectivity index (χ0v) is 14.8. The van der Waals surface area contributed by atoms with Crippen molar-refractivity contribution >= 4 is 17.4 Å². The highest BCUT2D eigenvalue weighted by molar-refractivity contribution is 5.96. The van der Waals surface area contributed by atoms with Crippen LogP contribution >= 0.6 is 0 Å². The van der Waals surface area contributed by atoms with Crippen LogP contribution in [-0.2, 0) is 16.6 Å². The third-order valence-electron chi connectivity index (χ3n) is 4.47. The highest BCUT2D eigenvalue weighted by atomic mass is 16.2. The van der Waals surface area contributed by atoms with E-state index in [1.807, 2.05) is 54.4 Å². The molecule has 0 unspecified atom stereocenters. The van der Waals surface area contributed by atoms with Gasteiger partial charge < -0.3 is 9.80 Å². The maximum atomic E-state index is 12.7. The van der Waals surface area contributed by atoms with Gasteiger partial charge in [-0.15, -0.1) is 0 Å². The zero-order chi connectivity index (χ0) is 17.3. The van der Waals surface area contributed by atoms with E-state index in [9.17, 15) is 4.79 Å². The largest absolute Gasteiger partial charge is 0.363 e. The van der Waals surface area contributed by atoms with Gasteiger partial charge >= 0.3 is 0 Å². The fourth-order valence-electron chi connectivity index (χ4n) is 3.13. The maximum Gasteiger partial charge on any atom is 0.227 e. The summed E-state index contributed by atoms with van der Waals surface area (Å²) in [5, 5.41) is 0. The Morgan fingerprint density at radius 3 is 2.71 bits per heavy atom. The van der Waals surface area contributed by atoms with E-state index in [0.29, 0.717) is 19.4 Å². The van der Waals surface area contributed by atoms with Gasteiger partial charge in [-0.25, -0.2) is 4.98 Å². The molecule has 0 aliphatic carbocycles. The molecule has 0 N–H and O–H groups in total. The lowest BCUT2D eigenvalue weighted by Gasteiger charge is -2.20. The lowest BCUT2D eigenvalue weighted by atomic mass is 9.91. The van der Waals surface area contributed by atoms with Crippen LogP contribution in [-0.4, -0.2) is 36.5 Å². The Morgan fingerprint density at radius 2 is 2.04 bits per heavy atom. The molecule has 3 heterocycles. The molecular weight excluding hydrogens is 300 g/mol. The van der Waals surface area contributed by atoms with Crippen LogP contribution in [0.3, 0.4) is 0 Å². The Bertz CT molecular complexity index is 737. The third kappa shape index (κ3) is 3.11. The minimum atomic E-state index is -0.0961. The number of pyridine rings is 2. The predicted octanol–water partition coefficient (Wildman–Crippen LogP) is 2.80. The Kier molecular flexibility index (Phi) is 4.26. The highest BCUT2D eigenvalue weighted by Gasteiger charge is 2.38. The first-order valence-electron chi connectivity index (χ1n) is 8.26. The van der Waals surface area contributed by atoms with Gasteiger partial charge in [0.05, 0.1) is 11.4 Å². The van der Waals surface area contributed by atoms with Gasteiger partial charge in [-0.2, -0.15) is 0 Å². The molecule has 5 heteroatoms. The number of carbonyl (C=O) groups is 1. The van der Waals surface area contributed by atoms with E-state index in [-0.39, 0.29) is 11.3 Å². The van der Waals surface area contributed by atoms with Crippen LogP contribution in [0.4, 0.5) is 11.5 Å². The van der Waals surface area contributed by atoms with E-state index in [2.05, 4.69) is 23.8 Å². The second-order valence-electron chi connectivity index (χ2n) is 7.15. The molecule has 1 aliphatic rings. The number of nitrogens with zero attached hydrogens (tertiary/aromatic N) is 4. The monoisotopic (exact) mass is 324 g/mol. The highest BCUT2D eigenvalue weighted by Crippen LogP contribution is 2.38. The number of amides is 1. The first-order chi connectivity index (χ1) is 11.4. The standard InChI is InChI=1S/C19H24N4O/c1-19(2)13-23(15-6-5-11-20-18(15)19)17(24)10-8-14-7-9-16(21-12-14)22(3)4/h5-7,9,11-12H,8,10,13H2,1-4H3. The summed E-state index contributed by atoms with van der Waals surface area (Å²) in [6.45, 7) is 4.96. The maximum absolute atomic E-state index is 12.7. The molecule has 0 saturated heterocycles. The Hall–Kier alpha value is -2.43. The van der Waals surface area contributed by atoms with E-state index in [1.165, 1.54) is 0 Å². The average molecular weight is 324 g/mol. The van der Waals surface area contributed by atoms with Gasteiger partial charge in [-0.1, -0.05) is 19.9 Å². The van der Waals surface area contributed by atoms with Crippen molar-refractivity contribution in [3.63, 3.8) is 0 Å². The van der Waals surface area contributed by atoms with Gasteiger partial charge in [-0.3, -0.25) is 9.78 Å². The lowest BCUT2D eigenvalue weighted by Crippen LogP contribution is -2.34. The van der Waals surface area contributed by atoms with Crippen LogP contribution in [0.2, 0.25) is 0 Å². The number of hydrogen-bond acceptors (Lipinski definition) is 4. The minimum Gasteiger partial charge on any atom is -0.363 e. The summed E-state index contributed by atoms with van der Waals surface area (Å²) in [6.07, 6.45) is 4.83. The molecule has 3 rings (SSSR count). The number of hydrogen-bond donors (Lipinski definition) is 0. The normalized spacial score (nSPS) is 15.2. The molecule has 0 radical (unpaired) electrons. The molecule has 126 valence electrons. The Morgan fingerprint density at radius 1 is 1.25 bits per heavy atom. The fourth-order valence-corrected chi connectivity index (χ4v) is 3.13. The van der Waals surface area contributed by atoms with E-state index < -0.39 is 0 Å². The quantitative estimate of drug-likeness (QED) is 0.868. The second kappa shape index (κ2) is 6.23. The molecule has 0 atom stereocenters. The van der Waals surface area contributed by atoms with Gasteiger partial charge in [-0.05, 0) is 30.2 Å². The number of carbonyl (C=O) groups excluding carboxylic acids is 1. The molecule has 0 spiro atoms. The van der Waals surface area contributed by atoms with Crippen molar-refractivity contribution < 1.29 is 4.79 Å². The van der Waals surface area contributed by atoms with Crippen LogP contribution in [0.5, 0.6) is 0 Å². The van der Waals surface area contributed by atoms with Crippen molar-refractivity contribution in [3.8, 4) is 0 Å². The molecule has 0 fully saturated rings. The number of aryl methyl sites for hydroxylation is 1. The van der Waals surface area contributed by atoms with Gasteiger partial charge in [0.1, 0.15) is 5.82 Å². The number of aromatic nitrogens is 2. The molecule has 5 nitrogen and oxygen atoms in total. The summed E-state index contributed by atoms with van der Waals surface area (Å²) in [5.41, 5.74) is 2.95. The van der Waals surface area contributed by atoms with Gasteiger partial charge in [0.25, 0.3) is 0 Å². The van der Waals surface area contributed by atoms with Gasteiger partial charge in [0.15, 0.2) is 0 Å². The fraction of sp³-hybridized carbons (Fsp3) is 0.421. The summed E-state index contributed by atoms with van der Waals surface area (Å²) in [7, 11) is 3.93. The molecule has 24 heavy (non-hydrogen) atoms. The van der Waals surface area contributed by atoms with Crippen LogP contribution in [0.25, 0.3) is 0 Å².